The maximum absolute atomic E-state index is 11.9. The Kier molecular flexibility index (Phi) is 5.33. The highest BCUT2D eigenvalue weighted by atomic mass is 32.1. The zero-order chi connectivity index (χ0) is 17.0. The molecule has 0 bridgehead atoms. The van der Waals surface area contributed by atoms with Crippen molar-refractivity contribution in [1.29, 1.82) is 0 Å². The molecule has 0 radical (unpaired) electrons. The van der Waals surface area contributed by atoms with Crippen LogP contribution >= 0.6 is 11.3 Å². The number of ketones is 1. The summed E-state index contributed by atoms with van der Waals surface area (Å²) in [5.41, 5.74) is 4.98. The van der Waals surface area contributed by atoms with Crippen LogP contribution in [0.25, 0.3) is 0 Å². The van der Waals surface area contributed by atoms with Crippen LogP contribution in [-0.2, 0) is 4.79 Å². The lowest BCUT2D eigenvalue weighted by Gasteiger charge is -2.06. The number of hydrogen-bond acceptors (Lipinski definition) is 5. The molecule has 2 heterocycles. The smallest absolute Gasteiger partial charge is 0.273 e. The second-order valence-electron chi connectivity index (χ2n) is 5.16. The predicted octanol–water partition coefficient (Wildman–Crippen LogP) is 2.69. The van der Waals surface area contributed by atoms with Gasteiger partial charge in [0.2, 0.25) is 5.91 Å². The van der Waals surface area contributed by atoms with E-state index in [-0.39, 0.29) is 18.6 Å². The van der Waals surface area contributed by atoms with Gasteiger partial charge >= 0.3 is 0 Å². The zero-order valence-electron chi connectivity index (χ0n) is 13.2. The Morgan fingerprint density at radius 3 is 2.39 bits per heavy atom. The number of thiophene rings is 1. The van der Waals surface area contributed by atoms with Crippen molar-refractivity contribution in [2.45, 2.75) is 33.6 Å². The average molecular weight is 334 g/mol. The van der Waals surface area contributed by atoms with Gasteiger partial charge < -0.3 is 4.42 Å². The molecule has 0 fully saturated rings. The van der Waals surface area contributed by atoms with Crippen molar-refractivity contribution in [3.8, 4) is 0 Å². The Morgan fingerprint density at radius 2 is 1.83 bits per heavy atom. The van der Waals surface area contributed by atoms with Crippen LogP contribution in [0.15, 0.2) is 22.6 Å². The number of rotatable bonds is 5. The molecule has 0 aliphatic carbocycles. The molecule has 7 heteroatoms. The number of nitrogens with one attached hydrogen (secondary N) is 2. The van der Waals surface area contributed by atoms with Crippen molar-refractivity contribution >= 4 is 28.9 Å². The number of hydrogen-bond donors (Lipinski definition) is 2. The van der Waals surface area contributed by atoms with Crippen molar-refractivity contribution in [3.05, 3.63) is 45.0 Å². The van der Waals surface area contributed by atoms with Gasteiger partial charge in [-0.1, -0.05) is 0 Å². The summed E-state index contributed by atoms with van der Waals surface area (Å²) in [7, 11) is 0. The summed E-state index contributed by atoms with van der Waals surface area (Å²) in [5, 5.41) is 0. The number of carbonyl (C=O) groups excluding carboxylic acids is 3. The molecule has 0 saturated carbocycles. The lowest BCUT2D eigenvalue weighted by molar-refractivity contribution is -0.121. The molecule has 0 saturated heterocycles. The highest BCUT2D eigenvalue weighted by Gasteiger charge is 2.15. The van der Waals surface area contributed by atoms with E-state index in [1.54, 1.807) is 26.0 Å². The predicted molar refractivity (Wildman–Crippen MR) is 86.4 cm³/mol. The van der Waals surface area contributed by atoms with Crippen LogP contribution in [0.5, 0.6) is 0 Å². The number of furan rings is 1. The molecule has 2 amide bonds. The summed E-state index contributed by atoms with van der Waals surface area (Å²) in [6.45, 7) is 5.33. The summed E-state index contributed by atoms with van der Waals surface area (Å²) >= 11 is 1.41. The molecule has 0 spiro atoms. The van der Waals surface area contributed by atoms with E-state index >= 15 is 0 Å². The van der Waals surface area contributed by atoms with Crippen molar-refractivity contribution in [2.24, 2.45) is 0 Å². The van der Waals surface area contributed by atoms with Crippen molar-refractivity contribution < 1.29 is 18.8 Å². The minimum Gasteiger partial charge on any atom is -0.466 e. The van der Waals surface area contributed by atoms with Crippen LogP contribution in [0.2, 0.25) is 0 Å². The molecule has 0 aromatic carbocycles. The lowest BCUT2D eigenvalue weighted by Crippen LogP contribution is -2.41. The summed E-state index contributed by atoms with van der Waals surface area (Å²) in [5.74, 6) is 0.157. The lowest BCUT2D eigenvalue weighted by atomic mass is 10.2. The van der Waals surface area contributed by atoms with Crippen LogP contribution in [0.4, 0.5) is 0 Å². The van der Waals surface area contributed by atoms with E-state index in [0.29, 0.717) is 22.0 Å². The highest BCUT2D eigenvalue weighted by Crippen LogP contribution is 2.17. The average Bonchev–Trinajstić information content (AvgIpc) is 3.07. The fourth-order valence-electron chi connectivity index (χ4n) is 2.05. The maximum Gasteiger partial charge on any atom is 0.273 e. The van der Waals surface area contributed by atoms with Crippen LogP contribution in [-0.4, -0.2) is 17.6 Å². The van der Waals surface area contributed by atoms with Crippen LogP contribution in [0.1, 0.15) is 49.3 Å². The third-order valence-electron chi connectivity index (χ3n) is 3.20. The first-order chi connectivity index (χ1) is 10.9. The molecular formula is C16H18N2O4S. The molecule has 23 heavy (non-hydrogen) atoms. The molecular weight excluding hydrogens is 316 g/mol. The van der Waals surface area contributed by atoms with Gasteiger partial charge in [0, 0.05) is 17.7 Å². The van der Waals surface area contributed by atoms with E-state index in [1.807, 2.05) is 13.0 Å². The molecule has 0 aliphatic heterocycles. The van der Waals surface area contributed by atoms with Crippen molar-refractivity contribution in [2.75, 3.05) is 0 Å². The molecule has 0 unspecified atom stereocenters. The van der Waals surface area contributed by atoms with E-state index in [0.717, 1.165) is 4.88 Å². The summed E-state index contributed by atoms with van der Waals surface area (Å²) in [6, 6.07) is 5.22. The van der Waals surface area contributed by atoms with E-state index in [2.05, 4.69) is 10.9 Å². The summed E-state index contributed by atoms with van der Waals surface area (Å²) < 4.78 is 5.26. The Hall–Kier alpha value is -2.41. The molecule has 2 N–H and O–H groups in total. The Morgan fingerprint density at radius 1 is 1.09 bits per heavy atom. The first-order valence-electron chi connectivity index (χ1n) is 7.12. The minimum absolute atomic E-state index is 0.0134. The van der Waals surface area contributed by atoms with Gasteiger partial charge in [0.15, 0.2) is 5.78 Å². The standard InChI is InChI=1S/C16H18N2O4S/c1-9-8-12(11(3)22-9)16(21)18-17-15(20)7-5-13(19)14-6-4-10(2)23-14/h4,6,8H,5,7H2,1-3H3,(H,17,20)(H,18,21). The molecule has 2 aromatic heterocycles. The van der Waals surface area contributed by atoms with Gasteiger partial charge in [-0.05, 0) is 39.0 Å². The van der Waals surface area contributed by atoms with Gasteiger partial charge in [0.05, 0.1) is 10.4 Å². The fraction of sp³-hybridized carbons (Fsp3) is 0.312. The highest BCUT2D eigenvalue weighted by molar-refractivity contribution is 7.14. The van der Waals surface area contributed by atoms with Gasteiger partial charge in [-0.3, -0.25) is 25.2 Å². The topological polar surface area (TPSA) is 88.4 Å². The van der Waals surface area contributed by atoms with Gasteiger partial charge in [0.25, 0.3) is 5.91 Å². The Labute approximate surface area is 137 Å². The third-order valence-corrected chi connectivity index (χ3v) is 4.24. The van der Waals surface area contributed by atoms with Crippen LogP contribution in [0, 0.1) is 20.8 Å². The maximum atomic E-state index is 11.9. The number of amides is 2. The van der Waals surface area contributed by atoms with E-state index in [1.165, 1.54) is 11.3 Å². The third kappa shape index (κ3) is 4.53. The Balaban J connectivity index is 1.78. The minimum atomic E-state index is -0.451. The Bertz CT molecular complexity index is 745. The first kappa shape index (κ1) is 17.0. The molecule has 0 aliphatic rings. The number of hydrazine groups is 1. The number of Topliss-reactive ketones (excluding diaryl/α,β-unsaturated/α-hetero) is 1. The fourth-order valence-corrected chi connectivity index (χ4v) is 2.88. The van der Waals surface area contributed by atoms with E-state index in [4.69, 9.17) is 4.42 Å². The second kappa shape index (κ2) is 7.23. The van der Waals surface area contributed by atoms with Crippen LogP contribution < -0.4 is 10.9 Å². The molecule has 0 atom stereocenters. The van der Waals surface area contributed by atoms with Crippen LogP contribution in [0.3, 0.4) is 0 Å². The monoisotopic (exact) mass is 334 g/mol. The van der Waals surface area contributed by atoms with Gasteiger partial charge in [-0.15, -0.1) is 11.3 Å². The summed E-state index contributed by atoms with van der Waals surface area (Å²) in [4.78, 5) is 37.2. The SMILES string of the molecule is Cc1cc(C(=O)NNC(=O)CCC(=O)c2ccc(C)s2)c(C)o1. The largest absolute Gasteiger partial charge is 0.466 e. The normalized spacial score (nSPS) is 10.4. The first-order valence-corrected chi connectivity index (χ1v) is 7.94. The molecule has 2 rings (SSSR count). The number of aryl methyl sites for hydroxylation is 3. The number of carbonyl (C=O) groups is 3. The van der Waals surface area contributed by atoms with Gasteiger partial charge in [-0.25, -0.2) is 0 Å². The van der Waals surface area contributed by atoms with Crippen molar-refractivity contribution in [3.63, 3.8) is 0 Å². The van der Waals surface area contributed by atoms with Gasteiger partial charge in [0.1, 0.15) is 11.5 Å². The zero-order valence-corrected chi connectivity index (χ0v) is 14.0. The quantitative estimate of drug-likeness (QED) is 0.650. The molecule has 6 nitrogen and oxygen atoms in total. The summed E-state index contributed by atoms with van der Waals surface area (Å²) in [6.07, 6.45) is 0.116. The molecule has 122 valence electrons. The van der Waals surface area contributed by atoms with E-state index in [9.17, 15) is 14.4 Å². The second-order valence-corrected chi connectivity index (χ2v) is 6.45. The van der Waals surface area contributed by atoms with Crippen molar-refractivity contribution in [1.82, 2.24) is 10.9 Å². The van der Waals surface area contributed by atoms with E-state index < -0.39 is 11.8 Å². The van der Waals surface area contributed by atoms with Gasteiger partial charge in [-0.2, -0.15) is 0 Å². The molecule has 2 aromatic rings.